The minimum Gasteiger partial charge on any atom is -0.296 e. The minimum atomic E-state index is -0.0641. The summed E-state index contributed by atoms with van der Waals surface area (Å²) in [6, 6.07) is 11.8. The van der Waals surface area contributed by atoms with Crippen LogP contribution in [0.2, 0.25) is 0 Å². The lowest BCUT2D eigenvalue weighted by molar-refractivity contribution is 0.859. The zero-order valence-corrected chi connectivity index (χ0v) is 15.1. The van der Waals surface area contributed by atoms with Crippen molar-refractivity contribution >= 4 is 21.6 Å². The van der Waals surface area contributed by atoms with Crippen LogP contribution in [0.15, 0.2) is 64.3 Å². The summed E-state index contributed by atoms with van der Waals surface area (Å²) >= 11 is 3.43. The monoisotopic (exact) mass is 394 g/mol. The molecule has 5 nitrogen and oxygen atoms in total. The third-order valence-corrected chi connectivity index (χ3v) is 4.78. The molecule has 0 bridgehead atoms. The van der Waals surface area contributed by atoms with Crippen LogP contribution in [0.3, 0.4) is 0 Å². The van der Waals surface area contributed by atoms with Crippen LogP contribution in [-0.4, -0.2) is 19.6 Å². The molecule has 0 spiro atoms. The van der Waals surface area contributed by atoms with E-state index in [0.717, 1.165) is 26.9 Å². The van der Waals surface area contributed by atoms with E-state index < -0.39 is 0 Å². The van der Waals surface area contributed by atoms with E-state index in [2.05, 4.69) is 31.0 Å². The SMILES string of the molecule is Cc1nc2c(-c3ccncc3)c[nH]n2c(=O)c1Cc1ccc(Br)cc1. The molecule has 0 saturated heterocycles. The summed E-state index contributed by atoms with van der Waals surface area (Å²) < 4.78 is 2.53. The molecule has 3 heterocycles. The molecule has 0 aliphatic heterocycles. The topological polar surface area (TPSA) is 63.1 Å². The molecule has 0 radical (unpaired) electrons. The van der Waals surface area contributed by atoms with Gasteiger partial charge in [0.1, 0.15) is 0 Å². The number of halogens is 1. The molecule has 4 aromatic rings. The summed E-state index contributed by atoms with van der Waals surface area (Å²) in [6.45, 7) is 1.89. The van der Waals surface area contributed by atoms with E-state index in [9.17, 15) is 4.79 Å². The van der Waals surface area contributed by atoms with Crippen LogP contribution in [0.4, 0.5) is 0 Å². The first kappa shape index (κ1) is 15.8. The Morgan fingerprint density at radius 1 is 1.12 bits per heavy atom. The number of benzene rings is 1. The first-order chi connectivity index (χ1) is 12.1. The molecule has 0 saturated carbocycles. The molecular formula is C19H15BrN4O. The van der Waals surface area contributed by atoms with Crippen LogP contribution in [0, 0.1) is 6.92 Å². The van der Waals surface area contributed by atoms with Crippen molar-refractivity contribution in [3.63, 3.8) is 0 Å². The summed E-state index contributed by atoms with van der Waals surface area (Å²) in [7, 11) is 0. The van der Waals surface area contributed by atoms with Gasteiger partial charge < -0.3 is 0 Å². The van der Waals surface area contributed by atoms with Gasteiger partial charge in [-0.15, -0.1) is 0 Å². The quantitative estimate of drug-likeness (QED) is 0.575. The number of nitrogens with zero attached hydrogens (tertiary/aromatic N) is 3. The van der Waals surface area contributed by atoms with E-state index in [1.165, 1.54) is 4.52 Å². The molecule has 0 aliphatic rings. The molecule has 0 aliphatic carbocycles. The molecule has 0 fully saturated rings. The maximum atomic E-state index is 12.9. The maximum absolute atomic E-state index is 12.9. The third-order valence-electron chi connectivity index (χ3n) is 4.25. The Morgan fingerprint density at radius 3 is 2.56 bits per heavy atom. The van der Waals surface area contributed by atoms with Crippen LogP contribution in [-0.2, 0) is 6.42 Å². The Balaban J connectivity index is 1.83. The van der Waals surface area contributed by atoms with Crippen LogP contribution < -0.4 is 5.56 Å². The van der Waals surface area contributed by atoms with Crippen LogP contribution in [0.5, 0.6) is 0 Å². The molecule has 124 valence electrons. The van der Waals surface area contributed by atoms with Crippen molar-refractivity contribution in [1.29, 1.82) is 0 Å². The van der Waals surface area contributed by atoms with Gasteiger partial charge in [0.2, 0.25) is 0 Å². The Kier molecular flexibility index (Phi) is 3.97. The molecule has 3 aromatic heterocycles. The number of rotatable bonds is 3. The second-order valence-corrected chi connectivity index (χ2v) is 6.78. The molecule has 0 unspecified atom stereocenters. The van der Waals surface area contributed by atoms with Gasteiger partial charge in [0, 0.05) is 46.3 Å². The average Bonchev–Trinajstić information content (AvgIpc) is 3.05. The van der Waals surface area contributed by atoms with Crippen molar-refractivity contribution < 1.29 is 0 Å². The highest BCUT2D eigenvalue weighted by molar-refractivity contribution is 9.10. The normalized spacial score (nSPS) is 11.1. The van der Waals surface area contributed by atoms with Gasteiger partial charge in [0.05, 0.1) is 0 Å². The average molecular weight is 395 g/mol. The fourth-order valence-electron chi connectivity index (χ4n) is 2.91. The number of hydrogen-bond donors (Lipinski definition) is 1. The Bertz CT molecular complexity index is 1100. The largest absolute Gasteiger partial charge is 0.296 e. The highest BCUT2D eigenvalue weighted by Gasteiger charge is 2.15. The molecule has 4 rings (SSSR count). The van der Waals surface area contributed by atoms with Crippen molar-refractivity contribution in [3.8, 4) is 11.1 Å². The van der Waals surface area contributed by atoms with E-state index in [-0.39, 0.29) is 5.56 Å². The molecule has 1 aromatic carbocycles. The van der Waals surface area contributed by atoms with E-state index in [1.807, 2.05) is 49.5 Å². The van der Waals surface area contributed by atoms with E-state index in [4.69, 9.17) is 0 Å². The number of aromatic amines is 1. The fourth-order valence-corrected chi connectivity index (χ4v) is 3.17. The van der Waals surface area contributed by atoms with Gasteiger partial charge in [0.25, 0.3) is 5.56 Å². The van der Waals surface area contributed by atoms with Gasteiger partial charge in [-0.2, -0.15) is 0 Å². The lowest BCUT2D eigenvalue weighted by Gasteiger charge is -2.07. The van der Waals surface area contributed by atoms with E-state index in [1.54, 1.807) is 12.4 Å². The van der Waals surface area contributed by atoms with E-state index in [0.29, 0.717) is 17.6 Å². The van der Waals surface area contributed by atoms with Crippen molar-refractivity contribution in [1.82, 2.24) is 19.6 Å². The van der Waals surface area contributed by atoms with E-state index >= 15 is 0 Å². The molecule has 25 heavy (non-hydrogen) atoms. The van der Waals surface area contributed by atoms with Crippen molar-refractivity contribution in [2.45, 2.75) is 13.3 Å². The first-order valence-electron chi connectivity index (χ1n) is 7.88. The summed E-state index contributed by atoms with van der Waals surface area (Å²) in [5.74, 6) is 0. The van der Waals surface area contributed by atoms with Gasteiger partial charge in [-0.1, -0.05) is 28.1 Å². The van der Waals surface area contributed by atoms with Crippen molar-refractivity contribution in [3.05, 3.63) is 86.6 Å². The third kappa shape index (κ3) is 2.89. The zero-order valence-electron chi connectivity index (χ0n) is 13.5. The highest BCUT2D eigenvalue weighted by Crippen LogP contribution is 2.22. The number of fused-ring (bicyclic) bond motifs is 1. The van der Waals surface area contributed by atoms with Gasteiger partial charge in [-0.3, -0.25) is 14.9 Å². The van der Waals surface area contributed by atoms with Gasteiger partial charge in [-0.05, 0) is 42.3 Å². The molecule has 0 atom stereocenters. The summed E-state index contributed by atoms with van der Waals surface area (Å²) in [4.78, 5) is 21.7. The van der Waals surface area contributed by atoms with Crippen LogP contribution in [0.1, 0.15) is 16.8 Å². The van der Waals surface area contributed by atoms with Gasteiger partial charge in [-0.25, -0.2) is 9.50 Å². The first-order valence-corrected chi connectivity index (χ1v) is 8.67. The number of H-pyrrole nitrogens is 1. The zero-order chi connectivity index (χ0) is 17.4. The second-order valence-electron chi connectivity index (χ2n) is 5.87. The summed E-state index contributed by atoms with van der Waals surface area (Å²) in [5, 5.41) is 3.03. The molecule has 0 amide bonds. The van der Waals surface area contributed by atoms with Crippen LogP contribution in [0.25, 0.3) is 16.8 Å². The lowest BCUT2D eigenvalue weighted by atomic mass is 10.0. The van der Waals surface area contributed by atoms with Gasteiger partial charge >= 0.3 is 0 Å². The number of nitrogens with one attached hydrogen (secondary N) is 1. The second kappa shape index (κ2) is 6.29. The van der Waals surface area contributed by atoms with Gasteiger partial charge in [0.15, 0.2) is 5.65 Å². The minimum absolute atomic E-state index is 0.0641. The van der Waals surface area contributed by atoms with Crippen molar-refractivity contribution in [2.24, 2.45) is 0 Å². The predicted octanol–water partition coefficient (Wildman–Crippen LogP) is 3.75. The highest BCUT2D eigenvalue weighted by atomic mass is 79.9. The summed E-state index contributed by atoms with van der Waals surface area (Å²) in [6.07, 6.45) is 5.82. The Labute approximate surface area is 152 Å². The van der Waals surface area contributed by atoms with Crippen LogP contribution >= 0.6 is 15.9 Å². The smallest absolute Gasteiger partial charge is 0.276 e. The standard InChI is InChI=1S/C19H15BrN4O/c1-12-16(10-13-2-4-15(20)5-3-13)19(25)24-18(23-12)17(11-22-24)14-6-8-21-9-7-14/h2-9,11,22H,10H2,1H3. The predicted molar refractivity (Wildman–Crippen MR) is 101 cm³/mol. The number of aromatic nitrogens is 4. The summed E-state index contributed by atoms with van der Waals surface area (Å²) in [5.41, 5.74) is 4.95. The Hall–Kier alpha value is -2.73. The number of pyridine rings is 1. The number of aryl methyl sites for hydroxylation is 1. The van der Waals surface area contributed by atoms with Crippen molar-refractivity contribution in [2.75, 3.05) is 0 Å². The maximum Gasteiger partial charge on any atom is 0.276 e. The Morgan fingerprint density at radius 2 is 1.84 bits per heavy atom. The fraction of sp³-hybridized carbons (Fsp3) is 0.105. The molecule has 6 heteroatoms. The molecular weight excluding hydrogens is 380 g/mol. The number of hydrogen-bond acceptors (Lipinski definition) is 3. The molecule has 1 N–H and O–H groups in total. The lowest BCUT2D eigenvalue weighted by Crippen LogP contribution is -2.22.